The summed E-state index contributed by atoms with van der Waals surface area (Å²) in [5.41, 5.74) is -0.766. The van der Waals surface area contributed by atoms with Crippen LogP contribution in [-0.2, 0) is 11.3 Å². The number of carbonyl (C=O) groups is 1. The van der Waals surface area contributed by atoms with Crippen molar-refractivity contribution in [2.45, 2.75) is 39.3 Å². The van der Waals surface area contributed by atoms with Gasteiger partial charge in [0.25, 0.3) is 0 Å². The molecule has 0 N–H and O–H groups in total. The van der Waals surface area contributed by atoms with Gasteiger partial charge in [-0.2, -0.15) is 0 Å². The zero-order valence-electron chi connectivity index (χ0n) is 9.78. The van der Waals surface area contributed by atoms with E-state index in [1.807, 2.05) is 18.4 Å². The molecule has 1 unspecified atom stereocenters. The molecule has 4 nitrogen and oxygen atoms in total. The van der Waals surface area contributed by atoms with Crippen molar-refractivity contribution in [1.29, 1.82) is 0 Å². The van der Waals surface area contributed by atoms with Crippen LogP contribution in [0.3, 0.4) is 0 Å². The lowest BCUT2D eigenvalue weighted by molar-refractivity contribution is 0.00936. The minimum atomic E-state index is -0.766. The highest BCUT2D eigenvalue weighted by molar-refractivity contribution is 5.99. The summed E-state index contributed by atoms with van der Waals surface area (Å²) in [5.74, 6) is 0.419. The maximum atomic E-state index is 12.2. The number of hydrogen-bond acceptors (Lipinski definition) is 3. The van der Waals surface area contributed by atoms with Gasteiger partial charge < -0.3 is 9.30 Å². The van der Waals surface area contributed by atoms with Crippen molar-refractivity contribution < 1.29 is 9.53 Å². The van der Waals surface area contributed by atoms with Gasteiger partial charge >= 0.3 is 0 Å². The molecular formula is C11H18N2O2. The number of nitrogens with zero attached hydrogens (tertiary/aromatic N) is 2. The minimum absolute atomic E-state index is 0.0562. The summed E-state index contributed by atoms with van der Waals surface area (Å²) in [5, 5.41) is 0. The molecule has 0 bridgehead atoms. The number of methoxy groups -OCH3 is 1. The average molecular weight is 210 g/mol. The summed E-state index contributed by atoms with van der Waals surface area (Å²) in [6.45, 7) is 6.45. The maximum Gasteiger partial charge on any atom is 0.229 e. The Morgan fingerprint density at radius 1 is 1.60 bits per heavy atom. The van der Waals surface area contributed by atoms with Crippen LogP contribution in [0.15, 0.2) is 12.4 Å². The number of aryl methyl sites for hydroxylation is 1. The van der Waals surface area contributed by atoms with Gasteiger partial charge in [0.15, 0.2) is 5.82 Å². The summed E-state index contributed by atoms with van der Waals surface area (Å²) in [6, 6.07) is 0. The summed E-state index contributed by atoms with van der Waals surface area (Å²) in [6.07, 6.45) is 4.08. The molecule has 0 aliphatic carbocycles. The summed E-state index contributed by atoms with van der Waals surface area (Å²) in [4.78, 5) is 16.2. The van der Waals surface area contributed by atoms with Crippen LogP contribution in [0.2, 0.25) is 0 Å². The number of hydrogen-bond donors (Lipinski definition) is 0. The van der Waals surface area contributed by atoms with E-state index in [2.05, 4.69) is 4.98 Å². The van der Waals surface area contributed by atoms with Crippen LogP contribution in [0.4, 0.5) is 0 Å². The first-order chi connectivity index (χ1) is 7.09. The first kappa shape index (κ1) is 11.9. The second-order valence-corrected chi connectivity index (χ2v) is 3.65. The number of ketones is 1. The predicted octanol–water partition coefficient (Wildman–Crippen LogP) is 1.90. The van der Waals surface area contributed by atoms with Crippen LogP contribution in [0.1, 0.15) is 37.8 Å². The van der Waals surface area contributed by atoms with Crippen molar-refractivity contribution in [2.24, 2.45) is 0 Å². The molecule has 1 atom stereocenters. The molecule has 15 heavy (non-hydrogen) atoms. The second kappa shape index (κ2) is 4.57. The molecule has 1 aromatic heterocycles. The van der Waals surface area contributed by atoms with Gasteiger partial charge in [0.2, 0.25) is 5.78 Å². The Hall–Kier alpha value is -1.16. The van der Waals surface area contributed by atoms with Crippen LogP contribution in [-0.4, -0.2) is 28.0 Å². The monoisotopic (exact) mass is 210 g/mol. The molecule has 0 fully saturated rings. The van der Waals surface area contributed by atoms with E-state index in [-0.39, 0.29) is 5.78 Å². The largest absolute Gasteiger partial charge is 0.370 e. The highest BCUT2D eigenvalue weighted by Crippen LogP contribution is 2.19. The topological polar surface area (TPSA) is 44.1 Å². The number of imidazole rings is 1. The molecule has 0 spiro atoms. The van der Waals surface area contributed by atoms with Crippen molar-refractivity contribution in [2.75, 3.05) is 7.11 Å². The molecule has 84 valence electrons. The van der Waals surface area contributed by atoms with E-state index in [4.69, 9.17) is 4.74 Å². The Bertz CT molecular complexity index is 340. The van der Waals surface area contributed by atoms with Crippen LogP contribution < -0.4 is 0 Å². The lowest BCUT2D eigenvalue weighted by Gasteiger charge is -2.24. The molecule has 0 amide bonds. The second-order valence-electron chi connectivity index (χ2n) is 3.65. The van der Waals surface area contributed by atoms with E-state index in [0.717, 1.165) is 6.54 Å². The van der Waals surface area contributed by atoms with Gasteiger partial charge in [-0.05, 0) is 20.3 Å². The number of carbonyl (C=O) groups excluding carboxylic acids is 1. The number of aromatic nitrogens is 2. The normalized spacial score (nSPS) is 14.9. The third-order valence-electron chi connectivity index (χ3n) is 2.86. The Labute approximate surface area is 90.3 Å². The molecule has 0 aliphatic rings. The summed E-state index contributed by atoms with van der Waals surface area (Å²) >= 11 is 0. The highest BCUT2D eigenvalue weighted by Gasteiger charge is 2.34. The molecule has 0 saturated heterocycles. The third-order valence-corrected chi connectivity index (χ3v) is 2.86. The minimum Gasteiger partial charge on any atom is -0.370 e. The van der Waals surface area contributed by atoms with E-state index < -0.39 is 5.60 Å². The highest BCUT2D eigenvalue weighted by atomic mass is 16.5. The lowest BCUT2D eigenvalue weighted by atomic mass is 9.97. The SMILES string of the molecule is CCn1ccnc1C(=O)C(C)(CC)OC. The predicted molar refractivity (Wildman–Crippen MR) is 57.9 cm³/mol. The Morgan fingerprint density at radius 2 is 2.27 bits per heavy atom. The first-order valence-corrected chi connectivity index (χ1v) is 5.20. The van der Waals surface area contributed by atoms with Crippen LogP contribution in [0.25, 0.3) is 0 Å². The van der Waals surface area contributed by atoms with Gasteiger partial charge in [-0.1, -0.05) is 6.92 Å². The number of ether oxygens (including phenoxy) is 1. The van der Waals surface area contributed by atoms with Crippen molar-refractivity contribution >= 4 is 5.78 Å². The van der Waals surface area contributed by atoms with Crippen molar-refractivity contribution in [1.82, 2.24) is 9.55 Å². The fraction of sp³-hybridized carbons (Fsp3) is 0.636. The molecule has 1 heterocycles. The lowest BCUT2D eigenvalue weighted by Crippen LogP contribution is -2.38. The molecule has 0 saturated carbocycles. The van der Waals surface area contributed by atoms with Gasteiger partial charge in [0.1, 0.15) is 5.60 Å². The van der Waals surface area contributed by atoms with E-state index >= 15 is 0 Å². The smallest absolute Gasteiger partial charge is 0.229 e. The fourth-order valence-corrected chi connectivity index (χ4v) is 1.41. The van der Waals surface area contributed by atoms with E-state index in [9.17, 15) is 4.79 Å². The molecular weight excluding hydrogens is 192 g/mol. The first-order valence-electron chi connectivity index (χ1n) is 5.20. The van der Waals surface area contributed by atoms with Crippen LogP contribution in [0.5, 0.6) is 0 Å². The number of Topliss-reactive ketones (excluding diaryl/α,β-unsaturated/α-hetero) is 1. The molecule has 0 radical (unpaired) electrons. The average Bonchev–Trinajstić information content (AvgIpc) is 2.74. The Morgan fingerprint density at radius 3 is 2.73 bits per heavy atom. The summed E-state index contributed by atoms with van der Waals surface area (Å²) in [7, 11) is 1.56. The van der Waals surface area contributed by atoms with Gasteiger partial charge in [-0.25, -0.2) is 4.98 Å². The van der Waals surface area contributed by atoms with Crippen LogP contribution >= 0.6 is 0 Å². The van der Waals surface area contributed by atoms with Crippen molar-refractivity contribution in [3.05, 3.63) is 18.2 Å². The fourth-order valence-electron chi connectivity index (χ4n) is 1.41. The van der Waals surface area contributed by atoms with E-state index in [1.54, 1.807) is 26.4 Å². The summed E-state index contributed by atoms with van der Waals surface area (Å²) < 4.78 is 7.10. The van der Waals surface area contributed by atoms with Gasteiger partial charge in [0, 0.05) is 26.0 Å². The standard InChI is InChI=1S/C11H18N2O2/c1-5-11(3,15-4)9(14)10-12-7-8-13(10)6-2/h7-8H,5-6H2,1-4H3. The third kappa shape index (κ3) is 2.09. The zero-order chi connectivity index (χ0) is 11.5. The van der Waals surface area contributed by atoms with E-state index in [1.165, 1.54) is 0 Å². The van der Waals surface area contributed by atoms with Crippen LogP contribution in [0, 0.1) is 0 Å². The maximum absolute atomic E-state index is 12.2. The number of rotatable bonds is 5. The quantitative estimate of drug-likeness (QED) is 0.697. The molecule has 1 aromatic rings. The van der Waals surface area contributed by atoms with Gasteiger partial charge in [-0.15, -0.1) is 0 Å². The zero-order valence-corrected chi connectivity index (χ0v) is 9.78. The molecule has 0 aliphatic heterocycles. The van der Waals surface area contributed by atoms with Crippen molar-refractivity contribution in [3.8, 4) is 0 Å². The Kier molecular flexibility index (Phi) is 3.63. The van der Waals surface area contributed by atoms with Crippen molar-refractivity contribution in [3.63, 3.8) is 0 Å². The van der Waals surface area contributed by atoms with E-state index in [0.29, 0.717) is 12.2 Å². The Balaban J connectivity index is 3.03. The van der Waals surface area contributed by atoms with Gasteiger partial charge in [0.05, 0.1) is 0 Å². The van der Waals surface area contributed by atoms with Gasteiger partial charge in [-0.3, -0.25) is 4.79 Å². The molecule has 0 aromatic carbocycles. The molecule has 1 rings (SSSR count). The molecule has 4 heteroatoms.